The molecule has 0 atom stereocenters. The number of imidazole rings is 1. The summed E-state index contributed by atoms with van der Waals surface area (Å²) in [6.07, 6.45) is -4.08. The number of carbonyl (C=O) groups is 1. The standard InChI is InChI=1S/C22H13F6N3O2/c23-14-4-8-18-29-21(30-19(32)10-12-1-7-16(24)17(25)9-12)20(31(18)11-14)13-2-5-15(6-3-13)33-22(26,27)28/h1-9,11H,10H2,(H,30,32). The number of alkyl halides is 3. The Morgan fingerprint density at radius 1 is 0.970 bits per heavy atom. The summed E-state index contributed by atoms with van der Waals surface area (Å²) in [4.78, 5) is 16.8. The Morgan fingerprint density at radius 2 is 1.70 bits per heavy atom. The van der Waals surface area contributed by atoms with Gasteiger partial charge in [0.1, 0.15) is 17.2 Å². The molecule has 5 nitrogen and oxygen atoms in total. The number of nitrogens with one attached hydrogen (secondary N) is 1. The lowest BCUT2D eigenvalue weighted by Crippen LogP contribution is -2.17. The van der Waals surface area contributed by atoms with E-state index in [9.17, 15) is 31.1 Å². The number of pyridine rings is 1. The summed E-state index contributed by atoms with van der Waals surface area (Å²) in [6, 6.07) is 10.2. The highest BCUT2D eigenvalue weighted by molar-refractivity contribution is 5.95. The summed E-state index contributed by atoms with van der Waals surface area (Å²) in [5.74, 6) is -3.86. The molecular formula is C22H13F6N3O2. The molecule has 1 amide bonds. The first-order valence-electron chi connectivity index (χ1n) is 9.36. The summed E-state index contributed by atoms with van der Waals surface area (Å²) in [7, 11) is 0. The van der Waals surface area contributed by atoms with E-state index < -0.39 is 35.5 Å². The monoisotopic (exact) mass is 465 g/mol. The topological polar surface area (TPSA) is 55.6 Å². The van der Waals surface area contributed by atoms with Crippen LogP contribution in [-0.2, 0) is 11.2 Å². The van der Waals surface area contributed by atoms with E-state index in [0.717, 1.165) is 36.5 Å². The summed E-state index contributed by atoms with van der Waals surface area (Å²) in [5, 5.41) is 2.53. The summed E-state index contributed by atoms with van der Waals surface area (Å²) in [6.45, 7) is 0. The van der Waals surface area contributed by atoms with Crippen molar-refractivity contribution < 1.29 is 35.9 Å². The average Bonchev–Trinajstić information content (AvgIpc) is 3.07. The molecule has 0 aliphatic carbocycles. The zero-order valence-corrected chi connectivity index (χ0v) is 16.5. The van der Waals surface area contributed by atoms with Crippen molar-refractivity contribution >= 4 is 17.4 Å². The number of ether oxygens (including phenoxy) is 1. The number of hydrogen-bond acceptors (Lipinski definition) is 3. The minimum Gasteiger partial charge on any atom is -0.406 e. The average molecular weight is 465 g/mol. The molecule has 33 heavy (non-hydrogen) atoms. The predicted octanol–water partition coefficient (Wildman–Crippen LogP) is 5.50. The highest BCUT2D eigenvalue weighted by atomic mass is 19.4. The van der Waals surface area contributed by atoms with Crippen LogP contribution >= 0.6 is 0 Å². The normalized spacial score (nSPS) is 11.6. The van der Waals surface area contributed by atoms with Gasteiger partial charge in [0, 0.05) is 11.8 Å². The van der Waals surface area contributed by atoms with Crippen LogP contribution in [0.1, 0.15) is 5.56 Å². The molecule has 0 aliphatic heterocycles. The molecule has 0 aliphatic rings. The number of amides is 1. The maximum atomic E-state index is 13.9. The molecule has 4 aromatic rings. The quantitative estimate of drug-likeness (QED) is 0.396. The lowest BCUT2D eigenvalue weighted by Gasteiger charge is -2.10. The van der Waals surface area contributed by atoms with Crippen molar-refractivity contribution in [3.8, 4) is 17.0 Å². The smallest absolute Gasteiger partial charge is 0.406 e. The molecule has 0 saturated heterocycles. The Kier molecular flexibility index (Phi) is 5.71. The van der Waals surface area contributed by atoms with Crippen LogP contribution in [0.2, 0.25) is 0 Å². The predicted molar refractivity (Wildman–Crippen MR) is 106 cm³/mol. The van der Waals surface area contributed by atoms with Gasteiger partial charge in [-0.05, 0) is 54.1 Å². The van der Waals surface area contributed by atoms with Crippen molar-refractivity contribution in [3.05, 3.63) is 83.8 Å². The SMILES string of the molecule is O=C(Cc1ccc(F)c(F)c1)Nc1nc2ccc(F)cn2c1-c1ccc(OC(F)(F)F)cc1. The van der Waals surface area contributed by atoms with Gasteiger partial charge in [-0.3, -0.25) is 9.20 Å². The Labute approximate surface area is 182 Å². The molecular weight excluding hydrogens is 452 g/mol. The van der Waals surface area contributed by atoms with Gasteiger partial charge in [-0.25, -0.2) is 18.2 Å². The Balaban J connectivity index is 1.67. The van der Waals surface area contributed by atoms with Crippen LogP contribution in [0, 0.1) is 17.5 Å². The maximum Gasteiger partial charge on any atom is 0.573 e. The third kappa shape index (κ3) is 5.08. The van der Waals surface area contributed by atoms with E-state index in [1.165, 1.54) is 28.7 Å². The highest BCUT2D eigenvalue weighted by Gasteiger charge is 2.31. The lowest BCUT2D eigenvalue weighted by molar-refractivity contribution is -0.274. The number of hydrogen-bond donors (Lipinski definition) is 1. The van der Waals surface area contributed by atoms with Crippen LogP contribution in [-0.4, -0.2) is 21.7 Å². The second-order valence-electron chi connectivity index (χ2n) is 6.93. The number of anilines is 1. The van der Waals surface area contributed by atoms with Gasteiger partial charge in [0.25, 0.3) is 0 Å². The van der Waals surface area contributed by atoms with E-state index in [0.29, 0.717) is 5.56 Å². The maximum absolute atomic E-state index is 13.9. The van der Waals surface area contributed by atoms with Crippen LogP contribution in [0.25, 0.3) is 16.9 Å². The molecule has 2 aromatic heterocycles. The van der Waals surface area contributed by atoms with E-state index in [1.807, 2.05) is 0 Å². The number of fused-ring (bicyclic) bond motifs is 1. The fourth-order valence-corrected chi connectivity index (χ4v) is 3.21. The van der Waals surface area contributed by atoms with Gasteiger partial charge >= 0.3 is 6.36 Å². The van der Waals surface area contributed by atoms with Gasteiger partial charge in [-0.1, -0.05) is 6.07 Å². The van der Waals surface area contributed by atoms with E-state index in [-0.39, 0.29) is 29.1 Å². The lowest BCUT2D eigenvalue weighted by atomic mass is 10.1. The van der Waals surface area contributed by atoms with Crippen molar-refractivity contribution in [1.29, 1.82) is 0 Å². The molecule has 0 radical (unpaired) electrons. The molecule has 0 saturated carbocycles. The van der Waals surface area contributed by atoms with Gasteiger partial charge in [-0.2, -0.15) is 0 Å². The molecule has 0 unspecified atom stereocenters. The molecule has 2 heterocycles. The Morgan fingerprint density at radius 3 is 2.36 bits per heavy atom. The van der Waals surface area contributed by atoms with Gasteiger partial charge in [-0.15, -0.1) is 13.2 Å². The van der Waals surface area contributed by atoms with E-state index in [4.69, 9.17) is 0 Å². The molecule has 0 fully saturated rings. The minimum absolute atomic E-state index is 0.00215. The fraction of sp³-hybridized carbons (Fsp3) is 0.0909. The first-order valence-corrected chi connectivity index (χ1v) is 9.36. The molecule has 0 spiro atoms. The summed E-state index contributed by atoms with van der Waals surface area (Å²) in [5.41, 5.74) is 0.967. The number of halogens is 6. The fourth-order valence-electron chi connectivity index (χ4n) is 3.21. The van der Waals surface area contributed by atoms with E-state index in [2.05, 4.69) is 15.0 Å². The minimum atomic E-state index is -4.87. The Bertz CT molecular complexity index is 1330. The third-order valence-electron chi connectivity index (χ3n) is 4.55. The van der Waals surface area contributed by atoms with Crippen LogP contribution in [0.5, 0.6) is 5.75 Å². The summed E-state index contributed by atoms with van der Waals surface area (Å²) >= 11 is 0. The largest absolute Gasteiger partial charge is 0.573 e. The van der Waals surface area contributed by atoms with Crippen molar-refractivity contribution in [2.24, 2.45) is 0 Å². The first kappa shape index (κ1) is 22.2. The number of aromatic nitrogens is 2. The number of nitrogens with zero attached hydrogens (tertiary/aromatic N) is 2. The third-order valence-corrected chi connectivity index (χ3v) is 4.55. The van der Waals surface area contributed by atoms with Gasteiger partial charge < -0.3 is 10.1 Å². The number of benzene rings is 2. The highest BCUT2D eigenvalue weighted by Crippen LogP contribution is 2.32. The van der Waals surface area contributed by atoms with Crippen LogP contribution in [0.4, 0.5) is 32.2 Å². The molecule has 170 valence electrons. The zero-order valence-electron chi connectivity index (χ0n) is 16.5. The van der Waals surface area contributed by atoms with Crippen molar-refractivity contribution in [3.63, 3.8) is 0 Å². The van der Waals surface area contributed by atoms with Gasteiger partial charge in [0.05, 0.1) is 12.1 Å². The van der Waals surface area contributed by atoms with Crippen molar-refractivity contribution in [2.45, 2.75) is 12.8 Å². The Hall–Kier alpha value is -4.02. The zero-order chi connectivity index (χ0) is 23.8. The second kappa shape index (κ2) is 8.49. The van der Waals surface area contributed by atoms with Crippen LogP contribution in [0.15, 0.2) is 60.8 Å². The number of rotatable bonds is 5. The van der Waals surface area contributed by atoms with Crippen molar-refractivity contribution in [2.75, 3.05) is 5.32 Å². The van der Waals surface area contributed by atoms with E-state index >= 15 is 0 Å². The van der Waals surface area contributed by atoms with Crippen LogP contribution in [0.3, 0.4) is 0 Å². The second-order valence-corrected chi connectivity index (χ2v) is 6.93. The van der Waals surface area contributed by atoms with Gasteiger partial charge in [0.2, 0.25) is 5.91 Å². The number of carbonyl (C=O) groups excluding carboxylic acids is 1. The van der Waals surface area contributed by atoms with Crippen molar-refractivity contribution in [1.82, 2.24) is 9.38 Å². The van der Waals surface area contributed by atoms with E-state index in [1.54, 1.807) is 0 Å². The van der Waals surface area contributed by atoms with Gasteiger partial charge in [0.15, 0.2) is 17.5 Å². The molecule has 4 rings (SSSR count). The first-order chi connectivity index (χ1) is 15.6. The molecule has 1 N–H and O–H groups in total. The molecule has 2 aromatic carbocycles. The summed E-state index contributed by atoms with van der Waals surface area (Å²) < 4.78 is 82.9. The molecule has 11 heteroatoms. The van der Waals surface area contributed by atoms with Crippen LogP contribution < -0.4 is 10.1 Å². The molecule has 0 bridgehead atoms.